The molecule has 134 valence electrons. The van der Waals surface area contributed by atoms with Crippen LogP contribution in [0.25, 0.3) is 10.9 Å². The fourth-order valence-corrected chi connectivity index (χ4v) is 3.64. The summed E-state index contributed by atoms with van der Waals surface area (Å²) in [4.78, 5) is 17.1. The number of amides is 1. The third-order valence-electron chi connectivity index (χ3n) is 4.19. The second-order valence-electron chi connectivity index (χ2n) is 6.12. The van der Waals surface area contributed by atoms with Gasteiger partial charge in [0.15, 0.2) is 0 Å². The first-order chi connectivity index (χ1) is 12.6. The number of pyridine rings is 1. The molecule has 3 rings (SSSR count). The molecule has 1 atom stereocenters. The number of thioether (sulfide) groups is 1. The van der Waals surface area contributed by atoms with Gasteiger partial charge in [-0.25, -0.2) is 4.98 Å². The molecule has 26 heavy (non-hydrogen) atoms. The number of nitrogens with one attached hydrogen (secondary N) is 1. The maximum Gasteiger partial charge on any atom is 0.233 e. The lowest BCUT2D eigenvalue weighted by Gasteiger charge is -2.13. The van der Waals surface area contributed by atoms with Crippen LogP contribution in [0.5, 0.6) is 5.75 Å². The summed E-state index contributed by atoms with van der Waals surface area (Å²) >= 11 is 1.48. The highest BCUT2D eigenvalue weighted by Gasteiger charge is 2.15. The summed E-state index contributed by atoms with van der Waals surface area (Å²) in [5.74, 6) is 0.806. The minimum Gasteiger partial charge on any atom is -0.497 e. The number of nitrogens with zero attached hydrogens (tertiary/aromatic N) is 1. The molecule has 0 saturated heterocycles. The van der Waals surface area contributed by atoms with Crippen molar-refractivity contribution in [2.24, 2.45) is 0 Å². The van der Waals surface area contributed by atoms with Crippen LogP contribution in [0.1, 0.15) is 18.1 Å². The predicted octanol–water partition coefficient (Wildman–Crippen LogP) is 4.35. The fourth-order valence-electron chi connectivity index (χ4n) is 2.69. The molecule has 0 aliphatic carbocycles. The first kappa shape index (κ1) is 18.3. The van der Waals surface area contributed by atoms with Crippen molar-refractivity contribution in [3.63, 3.8) is 0 Å². The van der Waals surface area contributed by atoms with Gasteiger partial charge in [0.1, 0.15) is 5.75 Å². The quantitative estimate of drug-likeness (QED) is 0.659. The Kier molecular flexibility index (Phi) is 5.78. The molecule has 0 saturated carbocycles. The van der Waals surface area contributed by atoms with E-state index in [1.54, 1.807) is 7.11 Å². The molecule has 1 amide bonds. The highest BCUT2D eigenvalue weighted by atomic mass is 32.2. The van der Waals surface area contributed by atoms with Crippen LogP contribution in [0.4, 0.5) is 0 Å². The lowest BCUT2D eigenvalue weighted by Crippen LogP contribution is -2.30. The van der Waals surface area contributed by atoms with E-state index in [0.29, 0.717) is 6.54 Å². The largest absolute Gasteiger partial charge is 0.497 e. The molecule has 0 radical (unpaired) electrons. The Hall–Kier alpha value is -2.53. The molecule has 0 fully saturated rings. The lowest BCUT2D eigenvalue weighted by atomic mass is 10.1. The number of fused-ring (bicyclic) bond motifs is 1. The number of carbonyl (C=O) groups is 1. The molecule has 1 heterocycles. The van der Waals surface area contributed by atoms with E-state index in [0.717, 1.165) is 27.2 Å². The average molecular weight is 366 g/mol. The highest BCUT2D eigenvalue weighted by molar-refractivity contribution is 8.00. The molecule has 1 N–H and O–H groups in total. The van der Waals surface area contributed by atoms with Gasteiger partial charge in [-0.3, -0.25) is 4.79 Å². The molecule has 3 aromatic rings. The Morgan fingerprint density at radius 3 is 2.65 bits per heavy atom. The summed E-state index contributed by atoms with van der Waals surface area (Å²) in [5.41, 5.74) is 3.17. The summed E-state index contributed by atoms with van der Waals surface area (Å²) < 4.78 is 5.14. The predicted molar refractivity (Wildman–Crippen MR) is 107 cm³/mol. The normalized spacial score (nSPS) is 12.0. The average Bonchev–Trinajstić information content (AvgIpc) is 2.66. The Morgan fingerprint density at radius 1 is 1.19 bits per heavy atom. The third-order valence-corrected chi connectivity index (χ3v) is 5.21. The van der Waals surface area contributed by atoms with Gasteiger partial charge in [0.2, 0.25) is 5.91 Å². The molecule has 1 aromatic heterocycles. The summed E-state index contributed by atoms with van der Waals surface area (Å²) in [7, 11) is 1.64. The van der Waals surface area contributed by atoms with Crippen LogP contribution in [-0.2, 0) is 11.3 Å². The molecule has 0 bridgehead atoms. The summed E-state index contributed by atoms with van der Waals surface area (Å²) in [5, 5.41) is 4.77. The zero-order chi connectivity index (χ0) is 18.5. The molecule has 0 spiro atoms. The zero-order valence-corrected chi connectivity index (χ0v) is 16.0. The number of carbonyl (C=O) groups excluding carboxylic acids is 1. The number of hydrogen-bond acceptors (Lipinski definition) is 4. The zero-order valence-electron chi connectivity index (χ0n) is 15.2. The van der Waals surface area contributed by atoms with E-state index in [2.05, 4.69) is 23.3 Å². The molecular weight excluding hydrogens is 344 g/mol. The monoisotopic (exact) mass is 366 g/mol. The van der Waals surface area contributed by atoms with Crippen LogP contribution in [0, 0.1) is 6.92 Å². The van der Waals surface area contributed by atoms with Crippen LogP contribution in [0.2, 0.25) is 0 Å². The van der Waals surface area contributed by atoms with E-state index in [1.165, 1.54) is 17.3 Å². The van der Waals surface area contributed by atoms with Crippen LogP contribution in [-0.4, -0.2) is 23.3 Å². The second-order valence-corrected chi connectivity index (χ2v) is 7.48. The van der Waals surface area contributed by atoms with E-state index in [1.807, 2.05) is 55.5 Å². The number of rotatable bonds is 6. The number of ether oxygens (including phenoxy) is 1. The van der Waals surface area contributed by atoms with Crippen LogP contribution >= 0.6 is 11.8 Å². The van der Waals surface area contributed by atoms with Gasteiger partial charge >= 0.3 is 0 Å². The first-order valence-corrected chi connectivity index (χ1v) is 9.38. The number of methoxy groups -OCH3 is 1. The molecule has 4 nitrogen and oxygen atoms in total. The third kappa shape index (κ3) is 4.35. The van der Waals surface area contributed by atoms with Gasteiger partial charge in [-0.2, -0.15) is 0 Å². The minimum absolute atomic E-state index is 0.00145. The van der Waals surface area contributed by atoms with Crippen molar-refractivity contribution in [3.05, 3.63) is 65.7 Å². The van der Waals surface area contributed by atoms with E-state index in [4.69, 9.17) is 4.74 Å². The van der Waals surface area contributed by atoms with Crippen LogP contribution in [0.15, 0.2) is 59.6 Å². The smallest absolute Gasteiger partial charge is 0.233 e. The second kappa shape index (κ2) is 8.23. The van der Waals surface area contributed by atoms with E-state index in [-0.39, 0.29) is 11.2 Å². The van der Waals surface area contributed by atoms with Gasteiger partial charge in [-0.05, 0) is 49.2 Å². The summed E-state index contributed by atoms with van der Waals surface area (Å²) in [6.45, 7) is 4.47. The number of aromatic nitrogens is 1. The van der Waals surface area contributed by atoms with Crippen LogP contribution in [0.3, 0.4) is 0 Å². The van der Waals surface area contributed by atoms with Gasteiger partial charge in [0.05, 0.1) is 22.9 Å². The number of para-hydroxylation sites is 1. The van der Waals surface area contributed by atoms with Crippen molar-refractivity contribution in [1.82, 2.24) is 10.3 Å². The van der Waals surface area contributed by atoms with Crippen molar-refractivity contribution in [3.8, 4) is 5.75 Å². The minimum atomic E-state index is -0.221. The molecular formula is C21H22N2O2S. The summed E-state index contributed by atoms with van der Waals surface area (Å²) in [6.07, 6.45) is 0. The van der Waals surface area contributed by atoms with Gasteiger partial charge in [0, 0.05) is 11.9 Å². The lowest BCUT2D eigenvalue weighted by molar-refractivity contribution is -0.120. The Balaban J connectivity index is 1.61. The Labute approximate surface area is 158 Å². The molecule has 2 aromatic carbocycles. The van der Waals surface area contributed by atoms with Crippen molar-refractivity contribution >= 4 is 28.6 Å². The van der Waals surface area contributed by atoms with Crippen LogP contribution < -0.4 is 10.1 Å². The maximum atomic E-state index is 12.4. The van der Waals surface area contributed by atoms with Crippen molar-refractivity contribution < 1.29 is 9.53 Å². The Bertz CT molecular complexity index is 910. The Morgan fingerprint density at radius 2 is 1.92 bits per heavy atom. The van der Waals surface area contributed by atoms with Gasteiger partial charge in [-0.15, -0.1) is 0 Å². The van der Waals surface area contributed by atoms with Crippen molar-refractivity contribution in [1.29, 1.82) is 0 Å². The summed E-state index contributed by atoms with van der Waals surface area (Å²) in [6, 6.07) is 17.8. The van der Waals surface area contributed by atoms with E-state index < -0.39 is 0 Å². The van der Waals surface area contributed by atoms with E-state index in [9.17, 15) is 4.79 Å². The standard InChI is InChI=1S/C21H22N2O2S/c1-14-12-20(23-19-7-5-4-6-18(14)19)26-15(2)21(24)22-13-16-8-10-17(25-3)11-9-16/h4-12,15H,13H2,1-3H3,(H,22,24). The van der Waals surface area contributed by atoms with Gasteiger partial charge in [-0.1, -0.05) is 42.1 Å². The van der Waals surface area contributed by atoms with Crippen molar-refractivity contribution in [2.45, 2.75) is 30.7 Å². The maximum absolute atomic E-state index is 12.4. The SMILES string of the molecule is COc1ccc(CNC(=O)C(C)Sc2cc(C)c3ccccc3n2)cc1. The van der Waals surface area contributed by atoms with Gasteiger partial charge in [0.25, 0.3) is 0 Å². The highest BCUT2D eigenvalue weighted by Crippen LogP contribution is 2.26. The number of benzene rings is 2. The molecule has 1 unspecified atom stereocenters. The molecule has 0 aliphatic rings. The first-order valence-electron chi connectivity index (χ1n) is 8.50. The molecule has 0 aliphatic heterocycles. The molecule has 5 heteroatoms. The number of hydrogen-bond donors (Lipinski definition) is 1. The fraction of sp³-hybridized carbons (Fsp3) is 0.238. The van der Waals surface area contributed by atoms with Gasteiger partial charge < -0.3 is 10.1 Å². The van der Waals surface area contributed by atoms with E-state index >= 15 is 0 Å². The topological polar surface area (TPSA) is 51.2 Å². The number of aryl methyl sites for hydroxylation is 1. The van der Waals surface area contributed by atoms with Crippen molar-refractivity contribution in [2.75, 3.05) is 7.11 Å².